The lowest BCUT2D eigenvalue weighted by molar-refractivity contribution is 0.0811. The van der Waals surface area contributed by atoms with Gasteiger partial charge in [-0.3, -0.25) is 4.79 Å². The first kappa shape index (κ1) is 16.2. The van der Waals surface area contributed by atoms with E-state index in [1.54, 1.807) is 12.1 Å². The minimum Gasteiger partial charge on any atom is -0.392 e. The average molecular weight is 316 g/mol. The van der Waals surface area contributed by atoms with Gasteiger partial charge in [0, 0.05) is 5.56 Å². The molecule has 0 saturated heterocycles. The van der Waals surface area contributed by atoms with Crippen molar-refractivity contribution in [2.24, 2.45) is 0 Å². The molecular formula is C22H20O2. The van der Waals surface area contributed by atoms with Crippen LogP contribution in [0.2, 0.25) is 0 Å². The third-order valence-electron chi connectivity index (χ3n) is 4.17. The van der Waals surface area contributed by atoms with E-state index in [-0.39, 0.29) is 5.78 Å². The summed E-state index contributed by atoms with van der Waals surface area (Å²) in [5.41, 5.74) is 2.49. The molecule has 3 aromatic carbocycles. The van der Waals surface area contributed by atoms with Crippen LogP contribution in [-0.2, 0) is 6.42 Å². The van der Waals surface area contributed by atoms with Gasteiger partial charge < -0.3 is 5.11 Å². The molecule has 0 aromatic heterocycles. The Labute approximate surface area is 142 Å². The highest BCUT2D eigenvalue weighted by Gasteiger charge is 2.29. The van der Waals surface area contributed by atoms with Crippen LogP contribution in [0.4, 0.5) is 0 Å². The third-order valence-corrected chi connectivity index (χ3v) is 4.17. The lowest BCUT2D eigenvalue weighted by Gasteiger charge is -2.22. The van der Waals surface area contributed by atoms with Gasteiger partial charge in [-0.25, -0.2) is 0 Å². The number of benzene rings is 3. The second-order valence-corrected chi connectivity index (χ2v) is 5.88. The van der Waals surface area contributed by atoms with E-state index in [9.17, 15) is 9.90 Å². The van der Waals surface area contributed by atoms with Crippen molar-refractivity contribution in [3.8, 4) is 0 Å². The van der Waals surface area contributed by atoms with Gasteiger partial charge in [-0.05, 0) is 17.5 Å². The fourth-order valence-corrected chi connectivity index (χ4v) is 2.96. The van der Waals surface area contributed by atoms with E-state index < -0.39 is 12.0 Å². The first-order chi connectivity index (χ1) is 11.8. The van der Waals surface area contributed by atoms with Crippen molar-refractivity contribution in [2.75, 3.05) is 0 Å². The summed E-state index contributed by atoms with van der Waals surface area (Å²) in [5, 5.41) is 10.8. The second kappa shape index (κ2) is 7.71. The summed E-state index contributed by atoms with van der Waals surface area (Å²) in [6, 6.07) is 28.5. The van der Waals surface area contributed by atoms with E-state index in [1.807, 2.05) is 78.9 Å². The van der Waals surface area contributed by atoms with Crippen LogP contribution in [0.1, 0.15) is 27.4 Å². The van der Waals surface area contributed by atoms with Crippen LogP contribution in [0.25, 0.3) is 0 Å². The molecule has 0 fully saturated rings. The molecule has 2 heteroatoms. The van der Waals surface area contributed by atoms with Crippen molar-refractivity contribution >= 4 is 5.78 Å². The molecule has 0 spiro atoms. The van der Waals surface area contributed by atoms with Gasteiger partial charge in [0.15, 0.2) is 5.78 Å². The second-order valence-electron chi connectivity index (χ2n) is 5.88. The molecule has 120 valence electrons. The molecule has 2 nitrogen and oxygen atoms in total. The Balaban J connectivity index is 1.92. The number of carbonyl (C=O) groups excluding carboxylic acids is 1. The summed E-state index contributed by atoms with van der Waals surface area (Å²) in [7, 11) is 0. The van der Waals surface area contributed by atoms with Gasteiger partial charge in [0.05, 0.1) is 12.0 Å². The Morgan fingerprint density at radius 1 is 0.750 bits per heavy atom. The van der Waals surface area contributed by atoms with Crippen LogP contribution in [0, 0.1) is 0 Å². The summed E-state index contributed by atoms with van der Waals surface area (Å²) < 4.78 is 0. The van der Waals surface area contributed by atoms with E-state index in [4.69, 9.17) is 0 Å². The zero-order valence-electron chi connectivity index (χ0n) is 13.4. The first-order valence-electron chi connectivity index (χ1n) is 8.12. The Hall–Kier alpha value is -2.71. The summed E-state index contributed by atoms with van der Waals surface area (Å²) in [6.45, 7) is 0. The van der Waals surface area contributed by atoms with Crippen molar-refractivity contribution in [1.29, 1.82) is 0 Å². The Bertz CT molecular complexity index is 767. The topological polar surface area (TPSA) is 37.3 Å². The largest absolute Gasteiger partial charge is 0.392 e. The Morgan fingerprint density at radius 3 is 1.83 bits per heavy atom. The predicted molar refractivity (Wildman–Crippen MR) is 96.1 cm³/mol. The zero-order valence-corrected chi connectivity index (χ0v) is 13.4. The normalized spacial score (nSPS) is 13.2. The number of ketones is 1. The molecule has 0 bridgehead atoms. The van der Waals surface area contributed by atoms with Crippen LogP contribution >= 0.6 is 0 Å². The third kappa shape index (κ3) is 3.79. The monoisotopic (exact) mass is 316 g/mol. The van der Waals surface area contributed by atoms with E-state index >= 15 is 0 Å². The molecule has 0 aliphatic carbocycles. The highest BCUT2D eigenvalue weighted by atomic mass is 16.3. The quantitative estimate of drug-likeness (QED) is 0.690. The van der Waals surface area contributed by atoms with E-state index in [1.165, 1.54) is 0 Å². The molecule has 0 aliphatic heterocycles. The minimum absolute atomic E-state index is 0.0507. The smallest absolute Gasteiger partial charge is 0.172 e. The standard InChI is InChI=1S/C22H20O2/c23-20(16-17-10-4-1-5-11-17)21(18-12-6-2-7-13-18)22(24)19-14-8-3-9-15-19/h1-15,20-21,23H,16H2/t20-,21-/m0/s1. The molecule has 3 rings (SSSR count). The Kier molecular flexibility index (Phi) is 5.19. The number of aliphatic hydroxyl groups excluding tert-OH is 1. The van der Waals surface area contributed by atoms with Crippen LogP contribution in [0.15, 0.2) is 91.0 Å². The van der Waals surface area contributed by atoms with Crippen LogP contribution in [-0.4, -0.2) is 17.0 Å². The molecule has 24 heavy (non-hydrogen) atoms. The first-order valence-corrected chi connectivity index (χ1v) is 8.12. The van der Waals surface area contributed by atoms with Crippen molar-refractivity contribution in [3.63, 3.8) is 0 Å². The van der Waals surface area contributed by atoms with Crippen molar-refractivity contribution < 1.29 is 9.90 Å². The average Bonchev–Trinajstić information content (AvgIpc) is 2.64. The molecule has 3 aromatic rings. The Morgan fingerprint density at radius 2 is 1.25 bits per heavy atom. The van der Waals surface area contributed by atoms with Crippen molar-refractivity contribution in [1.82, 2.24) is 0 Å². The van der Waals surface area contributed by atoms with Crippen molar-refractivity contribution in [3.05, 3.63) is 108 Å². The summed E-state index contributed by atoms with van der Waals surface area (Å²) >= 11 is 0. The van der Waals surface area contributed by atoms with Gasteiger partial charge in [-0.15, -0.1) is 0 Å². The molecule has 0 aliphatic rings. The van der Waals surface area contributed by atoms with E-state index in [2.05, 4.69) is 0 Å². The van der Waals surface area contributed by atoms with Gasteiger partial charge in [0.1, 0.15) is 0 Å². The minimum atomic E-state index is -0.775. The fourth-order valence-electron chi connectivity index (χ4n) is 2.96. The van der Waals surface area contributed by atoms with Crippen LogP contribution in [0.5, 0.6) is 0 Å². The lowest BCUT2D eigenvalue weighted by atomic mass is 9.84. The van der Waals surface area contributed by atoms with Crippen molar-refractivity contribution in [2.45, 2.75) is 18.4 Å². The van der Waals surface area contributed by atoms with E-state index in [0.29, 0.717) is 12.0 Å². The maximum absolute atomic E-state index is 13.0. The highest BCUT2D eigenvalue weighted by molar-refractivity contribution is 6.01. The number of hydrogen-bond donors (Lipinski definition) is 1. The molecular weight excluding hydrogens is 296 g/mol. The van der Waals surface area contributed by atoms with E-state index in [0.717, 1.165) is 11.1 Å². The van der Waals surface area contributed by atoms with Gasteiger partial charge >= 0.3 is 0 Å². The molecule has 1 N–H and O–H groups in total. The SMILES string of the molecule is O=C(c1ccccc1)[C@@H](c1ccccc1)[C@@H](O)Cc1ccccc1. The summed E-state index contributed by atoms with van der Waals surface area (Å²) in [5.74, 6) is -0.626. The molecule has 0 amide bonds. The molecule has 0 heterocycles. The van der Waals surface area contributed by atoms with Crippen LogP contribution in [0.3, 0.4) is 0 Å². The fraction of sp³-hybridized carbons (Fsp3) is 0.136. The lowest BCUT2D eigenvalue weighted by Crippen LogP contribution is -2.28. The molecule has 0 radical (unpaired) electrons. The number of rotatable bonds is 6. The number of Topliss-reactive ketones (excluding diaryl/α,β-unsaturated/α-hetero) is 1. The van der Waals surface area contributed by atoms with Gasteiger partial charge in [-0.1, -0.05) is 91.0 Å². The number of carbonyl (C=O) groups is 1. The maximum Gasteiger partial charge on any atom is 0.172 e. The van der Waals surface area contributed by atoms with Crippen LogP contribution < -0.4 is 0 Å². The summed E-state index contributed by atoms with van der Waals surface area (Å²) in [6.07, 6.45) is -0.332. The molecule has 2 atom stereocenters. The maximum atomic E-state index is 13.0. The summed E-state index contributed by atoms with van der Waals surface area (Å²) in [4.78, 5) is 13.0. The molecule has 0 unspecified atom stereocenters. The number of aliphatic hydroxyl groups is 1. The van der Waals surface area contributed by atoms with Gasteiger partial charge in [0.25, 0.3) is 0 Å². The van der Waals surface area contributed by atoms with Gasteiger partial charge in [0.2, 0.25) is 0 Å². The molecule has 0 saturated carbocycles. The number of hydrogen-bond acceptors (Lipinski definition) is 2. The predicted octanol–water partition coefficient (Wildman–Crippen LogP) is 4.26. The van der Waals surface area contributed by atoms with Gasteiger partial charge in [-0.2, -0.15) is 0 Å². The highest BCUT2D eigenvalue weighted by Crippen LogP contribution is 2.26. The zero-order chi connectivity index (χ0) is 16.8.